The molecule has 0 radical (unpaired) electrons. The molecule has 0 unspecified atom stereocenters. The molecule has 2 aromatic heterocycles. The lowest BCUT2D eigenvalue weighted by atomic mass is 10.1. The standard InChI is InChI=1S/C24H25N5O4/c1-3-29(23(30)11-25)14-16-6-4-5-7-18(16)22-13-27-24(33-22)28-17-8-9-19(20(10-17)31-2)21-12-26-15-32-21/h4-10,12-13,15H,3,11,14,25H2,1-2H3,(H,27,28). The van der Waals surface area contributed by atoms with E-state index in [2.05, 4.69) is 15.3 Å². The number of hydrogen-bond donors (Lipinski definition) is 2. The van der Waals surface area contributed by atoms with E-state index >= 15 is 0 Å². The summed E-state index contributed by atoms with van der Waals surface area (Å²) in [5, 5.41) is 3.15. The van der Waals surface area contributed by atoms with Crippen molar-refractivity contribution in [1.29, 1.82) is 0 Å². The molecule has 0 aliphatic carbocycles. The average molecular weight is 447 g/mol. The molecule has 0 bridgehead atoms. The Balaban J connectivity index is 1.55. The number of anilines is 2. The molecule has 33 heavy (non-hydrogen) atoms. The highest BCUT2D eigenvalue weighted by atomic mass is 16.5. The van der Waals surface area contributed by atoms with E-state index in [1.807, 2.05) is 49.4 Å². The molecule has 1 amide bonds. The quantitative estimate of drug-likeness (QED) is 0.394. The first kappa shape index (κ1) is 22.1. The number of rotatable bonds is 9. The van der Waals surface area contributed by atoms with Gasteiger partial charge >= 0.3 is 0 Å². The molecule has 170 valence electrons. The van der Waals surface area contributed by atoms with Crippen LogP contribution in [0.5, 0.6) is 5.75 Å². The smallest absolute Gasteiger partial charge is 0.299 e. The molecule has 0 fully saturated rings. The van der Waals surface area contributed by atoms with Gasteiger partial charge in [-0.05, 0) is 24.6 Å². The minimum absolute atomic E-state index is 0.0227. The predicted molar refractivity (Wildman–Crippen MR) is 124 cm³/mol. The second-order valence-corrected chi connectivity index (χ2v) is 7.20. The van der Waals surface area contributed by atoms with Crippen molar-refractivity contribution in [3.63, 3.8) is 0 Å². The van der Waals surface area contributed by atoms with Gasteiger partial charge in [-0.3, -0.25) is 4.79 Å². The molecule has 2 aromatic carbocycles. The molecular weight excluding hydrogens is 422 g/mol. The lowest BCUT2D eigenvalue weighted by molar-refractivity contribution is -0.130. The number of nitrogens with zero attached hydrogens (tertiary/aromatic N) is 3. The van der Waals surface area contributed by atoms with Crippen LogP contribution in [0.3, 0.4) is 0 Å². The number of oxazole rings is 2. The van der Waals surface area contributed by atoms with Crippen LogP contribution in [0.25, 0.3) is 22.6 Å². The Morgan fingerprint density at radius 2 is 2.00 bits per heavy atom. The summed E-state index contributed by atoms with van der Waals surface area (Å²) in [5.41, 5.74) is 8.87. The van der Waals surface area contributed by atoms with E-state index in [0.29, 0.717) is 36.4 Å². The van der Waals surface area contributed by atoms with Crippen LogP contribution in [-0.2, 0) is 11.3 Å². The van der Waals surface area contributed by atoms with Gasteiger partial charge in [0.2, 0.25) is 5.91 Å². The molecule has 4 aromatic rings. The van der Waals surface area contributed by atoms with Gasteiger partial charge in [0.1, 0.15) is 5.75 Å². The molecule has 0 aliphatic rings. The van der Waals surface area contributed by atoms with E-state index in [-0.39, 0.29) is 12.5 Å². The zero-order valence-corrected chi connectivity index (χ0v) is 18.4. The summed E-state index contributed by atoms with van der Waals surface area (Å²) in [5.74, 6) is 1.73. The van der Waals surface area contributed by atoms with Crippen molar-refractivity contribution < 1.29 is 18.4 Å². The second-order valence-electron chi connectivity index (χ2n) is 7.20. The topological polar surface area (TPSA) is 120 Å². The van der Waals surface area contributed by atoms with Crippen molar-refractivity contribution in [2.24, 2.45) is 5.73 Å². The third-order valence-corrected chi connectivity index (χ3v) is 5.21. The lowest BCUT2D eigenvalue weighted by Gasteiger charge is -2.21. The largest absolute Gasteiger partial charge is 0.496 e. The lowest BCUT2D eigenvalue weighted by Crippen LogP contribution is -2.35. The first-order valence-electron chi connectivity index (χ1n) is 10.5. The number of hydrogen-bond acceptors (Lipinski definition) is 8. The minimum Gasteiger partial charge on any atom is -0.496 e. The van der Waals surface area contributed by atoms with Gasteiger partial charge in [0.15, 0.2) is 17.9 Å². The number of amides is 1. The molecular formula is C24H25N5O4. The third-order valence-electron chi connectivity index (χ3n) is 5.21. The van der Waals surface area contributed by atoms with Gasteiger partial charge in [0.05, 0.1) is 31.6 Å². The Labute approximate surface area is 191 Å². The van der Waals surface area contributed by atoms with E-state index < -0.39 is 0 Å². The summed E-state index contributed by atoms with van der Waals surface area (Å²) in [6, 6.07) is 13.7. The third kappa shape index (κ3) is 4.88. The van der Waals surface area contributed by atoms with Crippen molar-refractivity contribution in [2.75, 3.05) is 25.5 Å². The summed E-state index contributed by atoms with van der Waals surface area (Å²) in [6.07, 6.45) is 4.66. The molecule has 2 heterocycles. The Kier molecular flexibility index (Phi) is 6.70. The number of benzene rings is 2. The number of nitrogens with one attached hydrogen (secondary N) is 1. The maximum Gasteiger partial charge on any atom is 0.299 e. The molecule has 3 N–H and O–H groups in total. The van der Waals surface area contributed by atoms with Crippen molar-refractivity contribution in [3.8, 4) is 28.4 Å². The number of carbonyl (C=O) groups is 1. The van der Waals surface area contributed by atoms with Gasteiger partial charge in [-0.15, -0.1) is 0 Å². The van der Waals surface area contributed by atoms with Crippen LogP contribution in [-0.4, -0.2) is 41.0 Å². The Morgan fingerprint density at radius 1 is 1.15 bits per heavy atom. The fraction of sp³-hybridized carbons (Fsp3) is 0.208. The number of likely N-dealkylation sites (N-methyl/N-ethyl adjacent to an activating group) is 1. The number of nitrogens with two attached hydrogens (primary N) is 1. The summed E-state index contributed by atoms with van der Waals surface area (Å²) in [7, 11) is 1.59. The summed E-state index contributed by atoms with van der Waals surface area (Å²) in [4.78, 5) is 22.1. The zero-order valence-electron chi connectivity index (χ0n) is 18.4. The van der Waals surface area contributed by atoms with Crippen molar-refractivity contribution >= 4 is 17.6 Å². The molecule has 0 atom stereocenters. The average Bonchev–Trinajstić information content (AvgIpc) is 3.55. The van der Waals surface area contributed by atoms with Crippen LogP contribution in [0.1, 0.15) is 12.5 Å². The maximum absolute atomic E-state index is 12.1. The predicted octanol–water partition coefficient (Wildman–Crippen LogP) is 4.06. The zero-order chi connectivity index (χ0) is 23.2. The molecule has 0 aliphatic heterocycles. The number of ether oxygens (including phenoxy) is 1. The molecule has 0 saturated carbocycles. The van der Waals surface area contributed by atoms with E-state index in [1.54, 1.807) is 24.4 Å². The Morgan fingerprint density at radius 3 is 2.73 bits per heavy atom. The van der Waals surface area contributed by atoms with Crippen LogP contribution in [0.15, 0.2) is 70.1 Å². The van der Waals surface area contributed by atoms with Crippen LogP contribution in [0.2, 0.25) is 0 Å². The van der Waals surface area contributed by atoms with Gasteiger partial charge < -0.3 is 29.5 Å². The number of aromatic nitrogens is 2. The fourth-order valence-corrected chi connectivity index (χ4v) is 3.51. The SMILES string of the molecule is CCN(Cc1ccccc1-c1cnc(Nc2ccc(-c3cnco3)c(OC)c2)o1)C(=O)CN. The minimum atomic E-state index is -0.102. The molecule has 9 nitrogen and oxygen atoms in total. The molecule has 0 saturated heterocycles. The van der Waals surface area contributed by atoms with Gasteiger partial charge in [-0.25, -0.2) is 9.97 Å². The van der Waals surface area contributed by atoms with E-state index in [9.17, 15) is 4.79 Å². The monoisotopic (exact) mass is 447 g/mol. The van der Waals surface area contributed by atoms with Crippen LogP contribution >= 0.6 is 0 Å². The number of carbonyl (C=O) groups excluding carboxylic acids is 1. The summed E-state index contributed by atoms with van der Waals surface area (Å²) < 4.78 is 16.8. The highest BCUT2D eigenvalue weighted by Gasteiger charge is 2.16. The molecule has 0 spiro atoms. The second kappa shape index (κ2) is 10.0. The summed E-state index contributed by atoms with van der Waals surface area (Å²) >= 11 is 0. The first-order valence-corrected chi connectivity index (χ1v) is 10.5. The van der Waals surface area contributed by atoms with Crippen molar-refractivity contribution in [3.05, 3.63) is 66.8 Å². The van der Waals surface area contributed by atoms with Gasteiger partial charge in [0, 0.05) is 30.4 Å². The Bertz CT molecular complexity index is 1220. The van der Waals surface area contributed by atoms with Crippen molar-refractivity contribution in [1.82, 2.24) is 14.9 Å². The molecule has 4 rings (SSSR count). The maximum atomic E-state index is 12.1. The van der Waals surface area contributed by atoms with Crippen molar-refractivity contribution in [2.45, 2.75) is 13.5 Å². The van der Waals surface area contributed by atoms with Crippen LogP contribution in [0.4, 0.5) is 11.7 Å². The first-order chi connectivity index (χ1) is 16.1. The van der Waals surface area contributed by atoms with E-state index in [0.717, 1.165) is 22.4 Å². The highest BCUT2D eigenvalue weighted by Crippen LogP contribution is 2.34. The summed E-state index contributed by atoms with van der Waals surface area (Å²) in [6.45, 7) is 2.91. The van der Waals surface area contributed by atoms with Crippen LogP contribution < -0.4 is 15.8 Å². The highest BCUT2D eigenvalue weighted by molar-refractivity contribution is 5.78. The Hall–Kier alpha value is -4.11. The van der Waals surface area contributed by atoms with Gasteiger partial charge in [0.25, 0.3) is 6.01 Å². The van der Waals surface area contributed by atoms with Crippen LogP contribution in [0, 0.1) is 0 Å². The van der Waals surface area contributed by atoms with Gasteiger partial charge in [-0.2, -0.15) is 0 Å². The van der Waals surface area contributed by atoms with Gasteiger partial charge in [-0.1, -0.05) is 24.3 Å². The van der Waals surface area contributed by atoms with E-state index in [4.69, 9.17) is 19.3 Å². The normalized spacial score (nSPS) is 10.8. The number of methoxy groups -OCH3 is 1. The fourth-order valence-electron chi connectivity index (χ4n) is 3.51. The molecule has 9 heteroatoms. The van der Waals surface area contributed by atoms with E-state index in [1.165, 1.54) is 6.39 Å².